The lowest BCUT2D eigenvalue weighted by molar-refractivity contribution is 0.555. The van der Waals surface area contributed by atoms with E-state index in [-0.39, 0.29) is 6.42 Å². The second kappa shape index (κ2) is 3.89. The lowest BCUT2D eigenvalue weighted by Crippen LogP contribution is -1.89. The molecule has 0 fully saturated rings. The molecule has 0 aromatic heterocycles. The maximum Gasteiger partial charge on any atom is 0.203 e. The number of hydrogen-bond donors (Lipinski definition) is 0. The Labute approximate surface area is 75.4 Å². The third-order valence-corrected chi connectivity index (χ3v) is 1.91. The summed E-state index contributed by atoms with van der Waals surface area (Å²) in [7, 11) is 0. The summed E-state index contributed by atoms with van der Waals surface area (Å²) in [5, 5.41) is 8.93. The Bertz CT molecular complexity index is 341. The molecule has 0 unspecified atom stereocenters. The van der Waals surface area contributed by atoms with Crippen LogP contribution in [-0.2, 0) is 11.2 Å². The predicted octanol–water partition coefficient (Wildman–Crippen LogP) is 1.86. The highest BCUT2D eigenvalue weighted by Crippen LogP contribution is 2.20. The zero-order valence-corrected chi connectivity index (χ0v) is 6.93. The van der Waals surface area contributed by atoms with Crippen molar-refractivity contribution in [1.82, 2.24) is 0 Å². The number of hydrogen-bond acceptors (Lipinski definition) is 2. The Kier molecular flexibility index (Phi) is 2.84. The minimum Gasteiger partial charge on any atom is -0.291 e. The Morgan fingerprint density at radius 1 is 1.50 bits per heavy atom. The molecule has 0 saturated heterocycles. The minimum atomic E-state index is 0.133. The van der Waals surface area contributed by atoms with Crippen molar-refractivity contribution in [3.8, 4) is 6.07 Å². The van der Waals surface area contributed by atoms with Gasteiger partial charge in [0, 0.05) is 6.42 Å². The van der Waals surface area contributed by atoms with Gasteiger partial charge in [-0.1, -0.05) is 23.7 Å². The molecular formula is C9H5ClNO. The van der Waals surface area contributed by atoms with Gasteiger partial charge in [-0.05, 0) is 11.6 Å². The molecule has 0 N–H and O–H groups in total. The minimum absolute atomic E-state index is 0.133. The van der Waals surface area contributed by atoms with Gasteiger partial charge in [0.15, 0.2) is 0 Å². The van der Waals surface area contributed by atoms with Crippen molar-refractivity contribution >= 4 is 17.9 Å². The van der Waals surface area contributed by atoms with E-state index in [0.29, 0.717) is 16.1 Å². The summed E-state index contributed by atoms with van der Waals surface area (Å²) in [4.78, 5) is 10.1. The van der Waals surface area contributed by atoms with Crippen molar-refractivity contribution in [2.75, 3.05) is 0 Å². The molecule has 0 atom stereocenters. The normalized spacial score (nSPS) is 9.00. The largest absolute Gasteiger partial charge is 0.291 e. The maximum absolute atomic E-state index is 10.1. The van der Waals surface area contributed by atoms with Crippen LogP contribution in [-0.4, -0.2) is 6.29 Å². The van der Waals surface area contributed by atoms with Crippen LogP contribution in [0.2, 0.25) is 5.02 Å². The number of nitrogens with zero attached hydrogens (tertiary/aromatic N) is 1. The molecule has 0 spiro atoms. The summed E-state index contributed by atoms with van der Waals surface area (Å²) in [5.41, 5.74) is 1.04. The van der Waals surface area contributed by atoms with E-state index in [1.165, 1.54) is 0 Å². The summed E-state index contributed by atoms with van der Waals surface area (Å²) in [5.74, 6) is 0. The molecule has 0 amide bonds. The Hall–Kier alpha value is -1.33. The summed E-state index contributed by atoms with van der Waals surface area (Å²) in [6.45, 7) is 0. The lowest BCUT2D eigenvalue weighted by Gasteiger charge is -1.99. The van der Waals surface area contributed by atoms with Crippen LogP contribution in [0.5, 0.6) is 0 Å². The van der Waals surface area contributed by atoms with Crippen molar-refractivity contribution in [1.29, 1.82) is 5.26 Å². The van der Waals surface area contributed by atoms with E-state index in [9.17, 15) is 4.79 Å². The molecule has 0 aliphatic carbocycles. The van der Waals surface area contributed by atoms with Crippen molar-refractivity contribution in [2.45, 2.75) is 6.42 Å². The van der Waals surface area contributed by atoms with E-state index in [4.69, 9.17) is 16.9 Å². The SMILES string of the molecule is N#Cc1cccc(C[C]=O)c1Cl. The quantitative estimate of drug-likeness (QED) is 0.694. The van der Waals surface area contributed by atoms with Crippen LogP contribution < -0.4 is 0 Å². The highest BCUT2D eigenvalue weighted by molar-refractivity contribution is 6.32. The molecule has 0 aliphatic heterocycles. The van der Waals surface area contributed by atoms with Crippen LogP contribution in [0, 0.1) is 11.3 Å². The molecule has 1 aromatic rings. The van der Waals surface area contributed by atoms with Gasteiger partial charge >= 0.3 is 0 Å². The van der Waals surface area contributed by atoms with Crippen molar-refractivity contribution < 1.29 is 4.79 Å². The van der Waals surface area contributed by atoms with Gasteiger partial charge in [-0.25, -0.2) is 0 Å². The van der Waals surface area contributed by atoms with Gasteiger partial charge < -0.3 is 0 Å². The monoisotopic (exact) mass is 178 g/mol. The van der Waals surface area contributed by atoms with E-state index < -0.39 is 0 Å². The molecule has 2 nitrogen and oxygen atoms in total. The Balaban J connectivity index is 3.15. The van der Waals surface area contributed by atoms with E-state index in [1.54, 1.807) is 24.5 Å². The number of nitriles is 1. The number of rotatable bonds is 2. The van der Waals surface area contributed by atoms with Gasteiger partial charge in [-0.2, -0.15) is 5.26 Å². The standard InChI is InChI=1S/C9H5ClNO/c10-9-7(4-5-12)2-1-3-8(9)6-11/h1-3H,4H2. The molecule has 0 heterocycles. The predicted molar refractivity (Wildman–Crippen MR) is 45.6 cm³/mol. The fourth-order valence-corrected chi connectivity index (χ4v) is 1.12. The third-order valence-electron chi connectivity index (χ3n) is 1.46. The third kappa shape index (κ3) is 1.63. The van der Waals surface area contributed by atoms with Crippen molar-refractivity contribution in [3.05, 3.63) is 34.3 Å². The van der Waals surface area contributed by atoms with Crippen LogP contribution >= 0.6 is 11.6 Å². The Morgan fingerprint density at radius 3 is 2.83 bits per heavy atom. The first-order valence-electron chi connectivity index (χ1n) is 3.32. The van der Waals surface area contributed by atoms with Gasteiger partial charge in [-0.3, -0.25) is 4.79 Å². The van der Waals surface area contributed by atoms with Crippen LogP contribution in [0.15, 0.2) is 18.2 Å². The molecule has 3 heteroatoms. The van der Waals surface area contributed by atoms with Gasteiger partial charge in [0.05, 0.1) is 10.6 Å². The van der Waals surface area contributed by atoms with Crippen LogP contribution in [0.4, 0.5) is 0 Å². The van der Waals surface area contributed by atoms with E-state index in [0.717, 1.165) is 0 Å². The fourth-order valence-electron chi connectivity index (χ4n) is 0.880. The van der Waals surface area contributed by atoms with Gasteiger partial charge in [0.1, 0.15) is 6.07 Å². The average Bonchev–Trinajstić information content (AvgIpc) is 2.09. The molecule has 0 bridgehead atoms. The lowest BCUT2D eigenvalue weighted by atomic mass is 10.1. The highest BCUT2D eigenvalue weighted by atomic mass is 35.5. The van der Waals surface area contributed by atoms with Gasteiger partial charge in [0.25, 0.3) is 0 Å². The second-order valence-corrected chi connectivity index (χ2v) is 2.59. The number of benzene rings is 1. The first kappa shape index (κ1) is 8.76. The molecule has 1 aromatic carbocycles. The Morgan fingerprint density at radius 2 is 2.25 bits per heavy atom. The molecule has 0 aliphatic rings. The molecule has 59 valence electrons. The zero-order chi connectivity index (χ0) is 8.97. The number of halogens is 1. The first-order valence-corrected chi connectivity index (χ1v) is 3.70. The smallest absolute Gasteiger partial charge is 0.203 e. The second-order valence-electron chi connectivity index (χ2n) is 2.21. The number of carbonyl (C=O) groups excluding carboxylic acids is 1. The molecular weight excluding hydrogens is 174 g/mol. The highest BCUT2D eigenvalue weighted by Gasteiger charge is 2.04. The van der Waals surface area contributed by atoms with E-state index in [1.807, 2.05) is 6.07 Å². The topological polar surface area (TPSA) is 40.9 Å². The van der Waals surface area contributed by atoms with Gasteiger partial charge in [-0.15, -0.1) is 0 Å². The molecule has 1 radical (unpaired) electrons. The molecule has 12 heavy (non-hydrogen) atoms. The van der Waals surface area contributed by atoms with Crippen LogP contribution in [0.3, 0.4) is 0 Å². The zero-order valence-electron chi connectivity index (χ0n) is 6.17. The van der Waals surface area contributed by atoms with E-state index >= 15 is 0 Å². The fraction of sp³-hybridized carbons (Fsp3) is 0.111. The molecule has 1 rings (SSSR count). The van der Waals surface area contributed by atoms with Crippen LogP contribution in [0.1, 0.15) is 11.1 Å². The van der Waals surface area contributed by atoms with Crippen molar-refractivity contribution in [3.63, 3.8) is 0 Å². The first-order chi connectivity index (χ1) is 5.79. The van der Waals surface area contributed by atoms with Gasteiger partial charge in [0.2, 0.25) is 6.29 Å². The summed E-state index contributed by atoms with van der Waals surface area (Å²) < 4.78 is 0. The summed E-state index contributed by atoms with van der Waals surface area (Å²) in [6, 6.07) is 6.93. The average molecular weight is 179 g/mol. The summed E-state index contributed by atoms with van der Waals surface area (Å²) >= 11 is 5.79. The van der Waals surface area contributed by atoms with Crippen molar-refractivity contribution in [2.24, 2.45) is 0 Å². The van der Waals surface area contributed by atoms with Crippen LogP contribution in [0.25, 0.3) is 0 Å². The molecule has 0 saturated carbocycles. The van der Waals surface area contributed by atoms with E-state index in [2.05, 4.69) is 0 Å². The summed E-state index contributed by atoms with van der Waals surface area (Å²) in [6.07, 6.45) is 1.87. The maximum atomic E-state index is 10.1.